The minimum absolute atomic E-state index is 0.305. The van der Waals surface area contributed by atoms with Crippen molar-refractivity contribution in [3.05, 3.63) is 47.4 Å². The quantitative estimate of drug-likeness (QED) is 0.785. The molecule has 0 aliphatic heterocycles. The van der Waals surface area contributed by atoms with Gasteiger partial charge in [0.2, 0.25) is 5.88 Å². The van der Waals surface area contributed by atoms with Crippen molar-refractivity contribution in [3.8, 4) is 11.6 Å². The Morgan fingerprint density at radius 3 is 2.88 bits per heavy atom. The Kier molecular flexibility index (Phi) is 3.59. The molecule has 0 bridgehead atoms. The van der Waals surface area contributed by atoms with Crippen LogP contribution in [0.15, 0.2) is 36.7 Å². The smallest absolute Gasteiger partial charge is 0.238 e. The summed E-state index contributed by atoms with van der Waals surface area (Å²) in [5.41, 5.74) is 0.668. The molecule has 16 heavy (non-hydrogen) atoms. The second-order valence-corrected chi connectivity index (χ2v) is 3.75. The highest BCUT2D eigenvalue weighted by Crippen LogP contribution is 2.22. The fourth-order valence-electron chi connectivity index (χ4n) is 1.15. The molecule has 1 heterocycles. The van der Waals surface area contributed by atoms with Gasteiger partial charge in [-0.3, -0.25) is 4.98 Å². The molecule has 3 nitrogen and oxygen atoms in total. The second kappa shape index (κ2) is 5.14. The van der Waals surface area contributed by atoms with Crippen molar-refractivity contribution >= 4 is 23.2 Å². The highest BCUT2D eigenvalue weighted by atomic mass is 35.5. The van der Waals surface area contributed by atoms with Gasteiger partial charge in [-0.15, -0.1) is 11.6 Å². The van der Waals surface area contributed by atoms with Crippen molar-refractivity contribution in [1.29, 1.82) is 0 Å². The van der Waals surface area contributed by atoms with Gasteiger partial charge in [-0.2, -0.15) is 0 Å². The number of halogens is 2. The van der Waals surface area contributed by atoms with Gasteiger partial charge in [0.25, 0.3) is 0 Å². The number of rotatable bonds is 3. The molecule has 0 saturated heterocycles. The van der Waals surface area contributed by atoms with Crippen molar-refractivity contribution in [2.75, 3.05) is 0 Å². The highest BCUT2D eigenvalue weighted by molar-refractivity contribution is 6.30. The van der Waals surface area contributed by atoms with Gasteiger partial charge in [-0.25, -0.2) is 4.98 Å². The van der Waals surface area contributed by atoms with E-state index >= 15 is 0 Å². The molecular weight excluding hydrogens is 247 g/mol. The Bertz CT molecular complexity index is 491. The maximum atomic E-state index is 5.83. The summed E-state index contributed by atoms with van der Waals surface area (Å²) in [5, 5.41) is 0.610. The lowest BCUT2D eigenvalue weighted by Gasteiger charge is -2.04. The first-order valence-electron chi connectivity index (χ1n) is 4.58. The third-order valence-corrected chi connectivity index (χ3v) is 2.33. The fourth-order valence-corrected chi connectivity index (χ4v) is 1.46. The standard InChI is InChI=1S/C11H8Cl2N2O/c12-5-9-6-14-7-11(15-9)16-10-3-1-2-8(13)4-10/h1-4,6-7H,5H2. The molecule has 0 saturated carbocycles. The molecule has 2 rings (SSSR count). The lowest BCUT2D eigenvalue weighted by Crippen LogP contribution is -1.92. The highest BCUT2D eigenvalue weighted by Gasteiger charge is 2.01. The first-order valence-corrected chi connectivity index (χ1v) is 5.49. The summed E-state index contributed by atoms with van der Waals surface area (Å²) in [5.74, 6) is 1.33. The average Bonchev–Trinajstić information content (AvgIpc) is 2.29. The minimum atomic E-state index is 0.305. The van der Waals surface area contributed by atoms with Gasteiger partial charge < -0.3 is 4.74 Å². The van der Waals surface area contributed by atoms with Crippen LogP contribution in [0, 0.1) is 0 Å². The van der Waals surface area contributed by atoms with Gasteiger partial charge in [0.1, 0.15) is 5.75 Å². The number of hydrogen-bond donors (Lipinski definition) is 0. The van der Waals surface area contributed by atoms with Gasteiger partial charge in [-0.1, -0.05) is 17.7 Å². The Labute approximate surface area is 103 Å². The maximum absolute atomic E-state index is 5.83. The zero-order valence-corrected chi connectivity index (χ0v) is 9.74. The molecule has 0 unspecified atom stereocenters. The van der Waals surface area contributed by atoms with Crippen molar-refractivity contribution < 1.29 is 4.74 Å². The monoisotopic (exact) mass is 254 g/mol. The van der Waals surface area contributed by atoms with E-state index in [0.29, 0.717) is 28.2 Å². The molecule has 1 aromatic heterocycles. The molecule has 0 aliphatic carbocycles. The predicted molar refractivity (Wildman–Crippen MR) is 63.1 cm³/mol. The lowest BCUT2D eigenvalue weighted by atomic mass is 10.3. The Morgan fingerprint density at radius 1 is 1.25 bits per heavy atom. The van der Waals surface area contributed by atoms with E-state index in [4.69, 9.17) is 27.9 Å². The van der Waals surface area contributed by atoms with Crippen LogP contribution in [0.4, 0.5) is 0 Å². The molecule has 0 aliphatic rings. The Balaban J connectivity index is 2.20. The van der Waals surface area contributed by atoms with E-state index in [0.717, 1.165) is 0 Å². The molecule has 82 valence electrons. The van der Waals surface area contributed by atoms with Crippen LogP contribution in [0.25, 0.3) is 0 Å². The third-order valence-electron chi connectivity index (χ3n) is 1.82. The largest absolute Gasteiger partial charge is 0.437 e. The average molecular weight is 255 g/mol. The zero-order chi connectivity index (χ0) is 11.4. The van der Waals surface area contributed by atoms with Gasteiger partial charge in [0, 0.05) is 11.2 Å². The van der Waals surface area contributed by atoms with Crippen LogP contribution in [0.5, 0.6) is 11.6 Å². The third kappa shape index (κ3) is 2.84. The van der Waals surface area contributed by atoms with E-state index in [1.165, 1.54) is 6.20 Å². The van der Waals surface area contributed by atoms with E-state index in [2.05, 4.69) is 9.97 Å². The number of hydrogen-bond acceptors (Lipinski definition) is 3. The van der Waals surface area contributed by atoms with E-state index in [1.807, 2.05) is 0 Å². The van der Waals surface area contributed by atoms with Crippen LogP contribution in [0.3, 0.4) is 0 Å². The van der Waals surface area contributed by atoms with Crippen molar-refractivity contribution in [2.24, 2.45) is 0 Å². The van der Waals surface area contributed by atoms with E-state index in [1.54, 1.807) is 30.5 Å². The molecule has 0 N–H and O–H groups in total. The molecule has 2 aromatic rings. The molecule has 0 fully saturated rings. The van der Waals surface area contributed by atoms with Gasteiger partial charge in [0.15, 0.2) is 0 Å². The molecule has 1 aromatic carbocycles. The van der Waals surface area contributed by atoms with Crippen LogP contribution >= 0.6 is 23.2 Å². The topological polar surface area (TPSA) is 35.0 Å². The van der Waals surface area contributed by atoms with Gasteiger partial charge in [0.05, 0.1) is 17.8 Å². The molecule has 0 radical (unpaired) electrons. The minimum Gasteiger partial charge on any atom is -0.437 e. The summed E-state index contributed by atoms with van der Waals surface area (Å²) in [6, 6.07) is 7.07. The normalized spacial score (nSPS) is 10.1. The van der Waals surface area contributed by atoms with E-state index in [9.17, 15) is 0 Å². The summed E-state index contributed by atoms with van der Waals surface area (Å²) < 4.78 is 5.48. The number of alkyl halides is 1. The zero-order valence-electron chi connectivity index (χ0n) is 8.23. The van der Waals surface area contributed by atoms with E-state index in [-0.39, 0.29) is 0 Å². The van der Waals surface area contributed by atoms with Crippen LogP contribution in [0.2, 0.25) is 5.02 Å². The molecule has 0 atom stereocenters. The molecular formula is C11H8Cl2N2O. The second-order valence-electron chi connectivity index (χ2n) is 3.04. The summed E-state index contributed by atoms with van der Waals surface area (Å²) in [7, 11) is 0. The van der Waals surface area contributed by atoms with Crippen LogP contribution in [-0.4, -0.2) is 9.97 Å². The SMILES string of the molecule is ClCc1cncc(Oc2cccc(Cl)c2)n1. The number of benzene rings is 1. The summed E-state index contributed by atoms with van der Waals surface area (Å²) >= 11 is 11.5. The van der Waals surface area contributed by atoms with Crippen molar-refractivity contribution in [3.63, 3.8) is 0 Å². The first kappa shape index (κ1) is 11.2. The van der Waals surface area contributed by atoms with Crippen molar-refractivity contribution in [2.45, 2.75) is 5.88 Å². The predicted octanol–water partition coefficient (Wildman–Crippen LogP) is 3.66. The fraction of sp³-hybridized carbons (Fsp3) is 0.0909. The van der Waals surface area contributed by atoms with Gasteiger partial charge in [-0.05, 0) is 18.2 Å². The maximum Gasteiger partial charge on any atom is 0.238 e. The summed E-state index contributed by atoms with van der Waals surface area (Å²) in [6.07, 6.45) is 3.12. The Morgan fingerprint density at radius 2 is 2.12 bits per heavy atom. The van der Waals surface area contributed by atoms with Crippen LogP contribution < -0.4 is 4.74 Å². The first-order chi connectivity index (χ1) is 7.78. The number of nitrogens with zero attached hydrogens (tertiary/aromatic N) is 2. The lowest BCUT2D eigenvalue weighted by molar-refractivity contribution is 0.458. The summed E-state index contributed by atoms with van der Waals surface area (Å²) in [4.78, 5) is 8.13. The molecule has 5 heteroatoms. The Hall–Kier alpha value is -1.32. The van der Waals surface area contributed by atoms with E-state index < -0.39 is 0 Å². The van der Waals surface area contributed by atoms with Gasteiger partial charge >= 0.3 is 0 Å². The molecule has 0 amide bonds. The summed E-state index contributed by atoms with van der Waals surface area (Å²) in [6.45, 7) is 0. The number of ether oxygens (including phenoxy) is 1. The van der Waals surface area contributed by atoms with Crippen LogP contribution in [0.1, 0.15) is 5.69 Å². The van der Waals surface area contributed by atoms with Crippen molar-refractivity contribution in [1.82, 2.24) is 9.97 Å². The molecule has 0 spiro atoms. The number of aromatic nitrogens is 2. The van der Waals surface area contributed by atoms with Crippen LogP contribution in [-0.2, 0) is 5.88 Å².